The molecule has 0 aliphatic carbocycles. The molecule has 2 amide bonds. The number of nitrogens with one attached hydrogen (secondary N) is 1. The Morgan fingerprint density at radius 1 is 1.22 bits per heavy atom. The summed E-state index contributed by atoms with van der Waals surface area (Å²) in [5.41, 5.74) is 3.23. The van der Waals surface area contributed by atoms with E-state index in [9.17, 15) is 9.59 Å². The summed E-state index contributed by atoms with van der Waals surface area (Å²) >= 11 is 0. The predicted octanol–water partition coefficient (Wildman–Crippen LogP) is 2.19. The molecule has 6 heteroatoms. The molecule has 6 nitrogen and oxygen atoms in total. The number of amides is 2. The fourth-order valence-electron chi connectivity index (χ4n) is 3.64. The molecule has 27 heavy (non-hydrogen) atoms. The number of ether oxygens (including phenoxy) is 1. The fraction of sp³-hybridized carbons (Fsp3) is 0.381. The van der Waals surface area contributed by atoms with Crippen molar-refractivity contribution in [3.05, 3.63) is 65.0 Å². The van der Waals surface area contributed by atoms with Gasteiger partial charge in [0.2, 0.25) is 0 Å². The Morgan fingerprint density at radius 2 is 2.07 bits per heavy atom. The molecule has 0 saturated carbocycles. The number of nitrogens with zero attached hydrogens (tertiary/aromatic N) is 2. The van der Waals surface area contributed by atoms with Gasteiger partial charge in [0.05, 0.1) is 6.10 Å². The molecule has 1 N–H and O–H groups in total. The minimum Gasteiger partial charge on any atom is -0.376 e. The number of carbonyl (C=O) groups excluding carboxylic acids is 2. The van der Waals surface area contributed by atoms with Crippen LogP contribution in [0.1, 0.15) is 44.8 Å². The van der Waals surface area contributed by atoms with Gasteiger partial charge in [-0.05, 0) is 42.5 Å². The van der Waals surface area contributed by atoms with Crippen LogP contribution in [0.15, 0.2) is 42.6 Å². The lowest BCUT2D eigenvalue weighted by Crippen LogP contribution is -2.36. The Kier molecular flexibility index (Phi) is 5.16. The van der Waals surface area contributed by atoms with E-state index in [1.165, 1.54) is 17.3 Å². The Morgan fingerprint density at radius 3 is 2.89 bits per heavy atom. The minimum absolute atomic E-state index is 0.0694. The number of fused-ring (bicyclic) bond motifs is 1. The Hall–Kier alpha value is -2.73. The highest BCUT2D eigenvalue weighted by molar-refractivity contribution is 5.98. The van der Waals surface area contributed by atoms with E-state index in [-0.39, 0.29) is 23.6 Å². The first-order chi connectivity index (χ1) is 13.2. The van der Waals surface area contributed by atoms with Gasteiger partial charge in [-0.25, -0.2) is 0 Å². The average molecular weight is 365 g/mol. The molecule has 140 valence electrons. The topological polar surface area (TPSA) is 71.5 Å². The number of carbonyl (C=O) groups is 2. The summed E-state index contributed by atoms with van der Waals surface area (Å²) in [6.07, 6.45) is 4.44. The third-order valence-electron chi connectivity index (χ3n) is 5.17. The Balaban J connectivity index is 1.42. The van der Waals surface area contributed by atoms with Crippen molar-refractivity contribution in [2.24, 2.45) is 0 Å². The highest BCUT2D eigenvalue weighted by Gasteiger charge is 2.23. The van der Waals surface area contributed by atoms with E-state index in [1.54, 1.807) is 12.1 Å². The van der Waals surface area contributed by atoms with Crippen molar-refractivity contribution in [1.29, 1.82) is 0 Å². The van der Waals surface area contributed by atoms with E-state index < -0.39 is 0 Å². The molecule has 0 radical (unpaired) electrons. The van der Waals surface area contributed by atoms with Crippen molar-refractivity contribution >= 4 is 11.8 Å². The van der Waals surface area contributed by atoms with Crippen molar-refractivity contribution in [2.45, 2.75) is 31.9 Å². The summed E-state index contributed by atoms with van der Waals surface area (Å²) in [7, 11) is 0. The largest absolute Gasteiger partial charge is 0.376 e. The molecule has 1 aromatic heterocycles. The summed E-state index contributed by atoms with van der Waals surface area (Å²) < 4.78 is 5.51. The SMILES string of the molecule is O=C(NCC1CCCO1)c1cc(C(=O)N2CCc3ccccc3C2)ccn1. The van der Waals surface area contributed by atoms with Gasteiger partial charge in [-0.15, -0.1) is 0 Å². The third-order valence-corrected chi connectivity index (χ3v) is 5.17. The van der Waals surface area contributed by atoms with Gasteiger partial charge in [0.15, 0.2) is 0 Å². The number of hydrogen-bond acceptors (Lipinski definition) is 4. The quantitative estimate of drug-likeness (QED) is 0.902. The van der Waals surface area contributed by atoms with Gasteiger partial charge in [-0.1, -0.05) is 24.3 Å². The zero-order valence-electron chi connectivity index (χ0n) is 15.2. The second-order valence-corrected chi connectivity index (χ2v) is 7.02. The van der Waals surface area contributed by atoms with Crippen LogP contribution in [-0.2, 0) is 17.7 Å². The molecule has 0 spiro atoms. The van der Waals surface area contributed by atoms with E-state index in [4.69, 9.17) is 4.74 Å². The van der Waals surface area contributed by atoms with E-state index >= 15 is 0 Å². The summed E-state index contributed by atoms with van der Waals surface area (Å²) in [5, 5.41) is 2.85. The average Bonchev–Trinajstić information content (AvgIpc) is 3.25. The molecule has 2 aromatic rings. The predicted molar refractivity (Wildman–Crippen MR) is 100 cm³/mol. The zero-order chi connectivity index (χ0) is 18.6. The molecule has 1 atom stereocenters. The number of rotatable bonds is 4. The lowest BCUT2D eigenvalue weighted by molar-refractivity contribution is 0.0734. The van der Waals surface area contributed by atoms with Gasteiger partial charge in [0.25, 0.3) is 11.8 Å². The van der Waals surface area contributed by atoms with Crippen LogP contribution in [0, 0.1) is 0 Å². The first-order valence-corrected chi connectivity index (χ1v) is 9.42. The molecule has 4 rings (SSSR count). The van der Waals surface area contributed by atoms with Gasteiger partial charge in [-0.2, -0.15) is 0 Å². The van der Waals surface area contributed by atoms with Crippen LogP contribution < -0.4 is 5.32 Å². The molecule has 1 fully saturated rings. The van der Waals surface area contributed by atoms with Crippen LogP contribution in [0.25, 0.3) is 0 Å². The van der Waals surface area contributed by atoms with Gasteiger partial charge >= 0.3 is 0 Å². The molecular formula is C21H23N3O3. The van der Waals surface area contributed by atoms with E-state index in [2.05, 4.69) is 22.4 Å². The smallest absolute Gasteiger partial charge is 0.269 e. The summed E-state index contributed by atoms with van der Waals surface area (Å²) in [6, 6.07) is 11.4. The molecule has 1 unspecified atom stereocenters. The van der Waals surface area contributed by atoms with Crippen LogP contribution in [0.4, 0.5) is 0 Å². The normalized spacial score (nSPS) is 18.8. The van der Waals surface area contributed by atoms with Gasteiger partial charge < -0.3 is 15.0 Å². The van der Waals surface area contributed by atoms with Crippen molar-refractivity contribution in [3.63, 3.8) is 0 Å². The molecule has 3 heterocycles. The number of hydrogen-bond donors (Lipinski definition) is 1. The number of pyridine rings is 1. The Bertz CT molecular complexity index is 846. The highest BCUT2D eigenvalue weighted by Crippen LogP contribution is 2.20. The van der Waals surface area contributed by atoms with Gasteiger partial charge in [0.1, 0.15) is 5.69 Å². The second kappa shape index (κ2) is 7.88. The van der Waals surface area contributed by atoms with Crippen LogP contribution >= 0.6 is 0 Å². The van der Waals surface area contributed by atoms with Gasteiger partial charge in [0, 0.05) is 38.0 Å². The van der Waals surface area contributed by atoms with Crippen molar-refractivity contribution < 1.29 is 14.3 Å². The van der Waals surface area contributed by atoms with Gasteiger partial charge in [-0.3, -0.25) is 14.6 Å². The maximum absolute atomic E-state index is 12.9. The molecular weight excluding hydrogens is 342 g/mol. The minimum atomic E-state index is -0.274. The standard InChI is InChI=1S/C21H23N3O3/c25-20(23-13-18-6-3-11-27-18)19-12-16(7-9-22-19)21(26)24-10-8-15-4-1-2-5-17(15)14-24/h1-2,4-5,7,9,12,18H,3,6,8,10-11,13-14H2,(H,23,25). The highest BCUT2D eigenvalue weighted by atomic mass is 16.5. The van der Waals surface area contributed by atoms with Crippen LogP contribution in [-0.4, -0.2) is 47.5 Å². The van der Waals surface area contributed by atoms with E-state index in [0.717, 1.165) is 25.9 Å². The first-order valence-electron chi connectivity index (χ1n) is 9.42. The molecule has 0 bridgehead atoms. The van der Waals surface area contributed by atoms with Crippen molar-refractivity contribution in [3.8, 4) is 0 Å². The summed E-state index contributed by atoms with van der Waals surface area (Å²) in [4.78, 5) is 31.2. The third kappa shape index (κ3) is 4.01. The molecule has 1 aromatic carbocycles. The Labute approximate surface area is 158 Å². The summed E-state index contributed by atoms with van der Waals surface area (Å²) in [6.45, 7) is 2.50. The van der Waals surface area contributed by atoms with E-state index in [0.29, 0.717) is 25.2 Å². The number of aromatic nitrogens is 1. The molecule has 2 aliphatic rings. The first kappa shape index (κ1) is 17.7. The summed E-state index contributed by atoms with van der Waals surface area (Å²) in [5.74, 6) is -0.343. The monoisotopic (exact) mass is 365 g/mol. The lowest BCUT2D eigenvalue weighted by atomic mass is 9.99. The van der Waals surface area contributed by atoms with Crippen LogP contribution in [0.2, 0.25) is 0 Å². The van der Waals surface area contributed by atoms with Crippen molar-refractivity contribution in [1.82, 2.24) is 15.2 Å². The van der Waals surface area contributed by atoms with E-state index in [1.807, 2.05) is 17.0 Å². The molecule has 2 aliphatic heterocycles. The van der Waals surface area contributed by atoms with Crippen LogP contribution in [0.3, 0.4) is 0 Å². The van der Waals surface area contributed by atoms with Crippen LogP contribution in [0.5, 0.6) is 0 Å². The fourth-order valence-corrected chi connectivity index (χ4v) is 3.64. The maximum atomic E-state index is 12.9. The second-order valence-electron chi connectivity index (χ2n) is 7.02. The zero-order valence-corrected chi connectivity index (χ0v) is 15.2. The molecule has 1 saturated heterocycles. The van der Waals surface area contributed by atoms with Crippen molar-refractivity contribution in [2.75, 3.05) is 19.7 Å². The maximum Gasteiger partial charge on any atom is 0.269 e. The number of benzene rings is 1. The lowest BCUT2D eigenvalue weighted by Gasteiger charge is -2.29.